The molecule has 2 rings (SSSR count). The number of alkyl halides is 1. The van der Waals surface area contributed by atoms with Crippen LogP contribution in [0.2, 0.25) is 0 Å². The SMILES string of the molecule is O=C(CCl)NCc1n[nH]nc1C1CC1. The molecule has 0 spiro atoms. The van der Waals surface area contributed by atoms with E-state index in [1.54, 1.807) is 0 Å². The molecule has 2 N–H and O–H groups in total. The van der Waals surface area contributed by atoms with Gasteiger partial charge >= 0.3 is 0 Å². The summed E-state index contributed by atoms with van der Waals surface area (Å²) in [6, 6.07) is 0. The maximum absolute atomic E-state index is 10.9. The van der Waals surface area contributed by atoms with E-state index in [0.29, 0.717) is 12.5 Å². The van der Waals surface area contributed by atoms with E-state index in [1.165, 1.54) is 12.8 Å². The van der Waals surface area contributed by atoms with Gasteiger partial charge in [-0.25, -0.2) is 0 Å². The molecule has 0 unspecified atom stereocenters. The summed E-state index contributed by atoms with van der Waals surface area (Å²) in [7, 11) is 0. The highest BCUT2D eigenvalue weighted by Gasteiger charge is 2.29. The average molecular weight is 215 g/mol. The lowest BCUT2D eigenvalue weighted by molar-refractivity contribution is -0.118. The van der Waals surface area contributed by atoms with Crippen LogP contribution < -0.4 is 5.32 Å². The minimum Gasteiger partial charge on any atom is -0.349 e. The Balaban J connectivity index is 1.94. The smallest absolute Gasteiger partial charge is 0.235 e. The molecule has 1 heterocycles. The Morgan fingerprint density at radius 3 is 3.00 bits per heavy atom. The topological polar surface area (TPSA) is 70.7 Å². The molecule has 1 saturated carbocycles. The predicted octanol–water partition coefficient (Wildman–Crippen LogP) is 0.537. The van der Waals surface area contributed by atoms with Gasteiger partial charge in [-0.3, -0.25) is 4.79 Å². The van der Waals surface area contributed by atoms with Gasteiger partial charge in [-0.1, -0.05) is 0 Å². The van der Waals surface area contributed by atoms with Crippen molar-refractivity contribution >= 4 is 17.5 Å². The van der Waals surface area contributed by atoms with Crippen LogP contribution >= 0.6 is 11.6 Å². The van der Waals surface area contributed by atoms with E-state index in [9.17, 15) is 4.79 Å². The fraction of sp³-hybridized carbons (Fsp3) is 0.625. The standard InChI is InChI=1S/C8H11ClN4O/c9-3-7(14)10-4-6-8(5-1-2-5)12-13-11-6/h5H,1-4H2,(H,10,14)(H,11,12,13). The van der Waals surface area contributed by atoms with E-state index in [1.807, 2.05) is 0 Å². The second kappa shape index (κ2) is 3.96. The summed E-state index contributed by atoms with van der Waals surface area (Å²) >= 11 is 5.35. The average Bonchev–Trinajstić information content (AvgIpc) is 2.94. The zero-order valence-electron chi connectivity index (χ0n) is 7.59. The van der Waals surface area contributed by atoms with Gasteiger partial charge in [0.2, 0.25) is 5.91 Å². The lowest BCUT2D eigenvalue weighted by Crippen LogP contribution is -2.24. The van der Waals surface area contributed by atoms with Crippen LogP contribution in [0.3, 0.4) is 0 Å². The first-order chi connectivity index (χ1) is 6.81. The van der Waals surface area contributed by atoms with Gasteiger partial charge in [0.05, 0.1) is 12.2 Å². The molecule has 1 amide bonds. The number of nitrogens with zero attached hydrogens (tertiary/aromatic N) is 2. The minimum absolute atomic E-state index is 0.0172. The normalized spacial score (nSPS) is 15.5. The van der Waals surface area contributed by atoms with Crippen LogP contribution in [-0.2, 0) is 11.3 Å². The Hall–Kier alpha value is -1.10. The lowest BCUT2D eigenvalue weighted by Gasteiger charge is -2.00. The first-order valence-electron chi connectivity index (χ1n) is 4.53. The van der Waals surface area contributed by atoms with Crippen LogP contribution in [-0.4, -0.2) is 27.2 Å². The molecule has 0 saturated heterocycles. The minimum atomic E-state index is -0.184. The molecule has 1 aliphatic rings. The van der Waals surface area contributed by atoms with Crippen LogP contribution in [0, 0.1) is 0 Å². The number of hydrogen-bond donors (Lipinski definition) is 2. The largest absolute Gasteiger partial charge is 0.349 e. The summed E-state index contributed by atoms with van der Waals surface area (Å²) in [6.45, 7) is 0.411. The fourth-order valence-electron chi connectivity index (χ4n) is 1.30. The Morgan fingerprint density at radius 1 is 1.57 bits per heavy atom. The van der Waals surface area contributed by atoms with Crippen LogP contribution in [0.5, 0.6) is 0 Å². The monoisotopic (exact) mass is 214 g/mol. The van der Waals surface area contributed by atoms with E-state index in [4.69, 9.17) is 11.6 Å². The molecule has 14 heavy (non-hydrogen) atoms. The number of carbonyl (C=O) groups is 1. The van der Waals surface area contributed by atoms with Crippen molar-refractivity contribution in [2.75, 3.05) is 5.88 Å². The molecule has 1 aromatic heterocycles. The van der Waals surface area contributed by atoms with E-state index >= 15 is 0 Å². The second-order valence-corrected chi connectivity index (χ2v) is 3.61. The number of hydrogen-bond acceptors (Lipinski definition) is 3. The van der Waals surface area contributed by atoms with Gasteiger partial charge in [0, 0.05) is 5.92 Å². The van der Waals surface area contributed by atoms with Crippen molar-refractivity contribution in [3.8, 4) is 0 Å². The van der Waals surface area contributed by atoms with Crippen molar-refractivity contribution in [2.45, 2.75) is 25.3 Å². The highest BCUT2D eigenvalue weighted by atomic mass is 35.5. The summed E-state index contributed by atoms with van der Waals surface area (Å²) in [5, 5.41) is 13.3. The molecule has 5 nitrogen and oxygen atoms in total. The van der Waals surface area contributed by atoms with Crippen LogP contribution in [0.15, 0.2) is 0 Å². The van der Waals surface area contributed by atoms with Gasteiger partial charge in [0.25, 0.3) is 0 Å². The molecule has 0 atom stereocenters. The lowest BCUT2D eigenvalue weighted by atomic mass is 10.2. The van der Waals surface area contributed by atoms with E-state index in [2.05, 4.69) is 20.7 Å². The Bertz CT molecular complexity index is 334. The summed E-state index contributed by atoms with van der Waals surface area (Å²) in [5.74, 6) is 0.337. The van der Waals surface area contributed by atoms with Crippen molar-refractivity contribution in [3.63, 3.8) is 0 Å². The van der Waals surface area contributed by atoms with Crippen LogP contribution in [0.4, 0.5) is 0 Å². The van der Waals surface area contributed by atoms with Crippen molar-refractivity contribution < 1.29 is 4.79 Å². The quantitative estimate of drug-likeness (QED) is 0.719. The molecule has 0 aromatic carbocycles. The number of aromatic amines is 1. The first kappa shape index (κ1) is 9.45. The molecule has 76 valence electrons. The molecule has 6 heteroatoms. The number of halogens is 1. The van der Waals surface area contributed by atoms with Crippen molar-refractivity contribution in [3.05, 3.63) is 11.4 Å². The number of rotatable bonds is 4. The summed E-state index contributed by atoms with van der Waals surface area (Å²) < 4.78 is 0. The van der Waals surface area contributed by atoms with Gasteiger partial charge in [-0.15, -0.1) is 11.6 Å². The third-order valence-corrected chi connectivity index (χ3v) is 2.43. The molecular formula is C8H11ClN4O. The van der Waals surface area contributed by atoms with Gasteiger partial charge in [-0.2, -0.15) is 15.4 Å². The number of amides is 1. The van der Waals surface area contributed by atoms with Gasteiger partial charge in [-0.05, 0) is 12.8 Å². The Kier molecular flexibility index (Phi) is 2.67. The Labute approximate surface area is 86.2 Å². The highest BCUT2D eigenvalue weighted by molar-refractivity contribution is 6.27. The molecule has 1 aromatic rings. The zero-order chi connectivity index (χ0) is 9.97. The third kappa shape index (κ3) is 2.04. The molecule has 0 radical (unpaired) electrons. The third-order valence-electron chi connectivity index (χ3n) is 2.19. The summed E-state index contributed by atoms with van der Waals surface area (Å²) in [5.41, 5.74) is 1.81. The second-order valence-electron chi connectivity index (χ2n) is 3.34. The molecule has 1 fully saturated rings. The van der Waals surface area contributed by atoms with E-state index < -0.39 is 0 Å². The molecule has 0 bridgehead atoms. The fourth-order valence-corrected chi connectivity index (χ4v) is 1.40. The van der Waals surface area contributed by atoms with Gasteiger partial charge < -0.3 is 5.32 Å². The predicted molar refractivity (Wildman–Crippen MR) is 50.9 cm³/mol. The maximum Gasteiger partial charge on any atom is 0.235 e. The van der Waals surface area contributed by atoms with Crippen molar-refractivity contribution in [1.82, 2.24) is 20.7 Å². The van der Waals surface area contributed by atoms with Crippen molar-refractivity contribution in [2.24, 2.45) is 0 Å². The first-order valence-corrected chi connectivity index (χ1v) is 5.07. The number of H-pyrrole nitrogens is 1. The molecule has 1 aliphatic carbocycles. The van der Waals surface area contributed by atoms with Gasteiger partial charge in [0.15, 0.2) is 0 Å². The number of aromatic nitrogens is 3. The summed E-state index contributed by atoms with van der Waals surface area (Å²) in [6.07, 6.45) is 2.34. The molecule has 0 aliphatic heterocycles. The summed E-state index contributed by atoms with van der Waals surface area (Å²) in [4.78, 5) is 10.9. The van der Waals surface area contributed by atoms with Crippen LogP contribution in [0.1, 0.15) is 30.1 Å². The van der Waals surface area contributed by atoms with Crippen molar-refractivity contribution in [1.29, 1.82) is 0 Å². The highest BCUT2D eigenvalue weighted by Crippen LogP contribution is 2.39. The Morgan fingerprint density at radius 2 is 2.36 bits per heavy atom. The molecular weight excluding hydrogens is 204 g/mol. The zero-order valence-corrected chi connectivity index (χ0v) is 8.34. The number of nitrogens with one attached hydrogen (secondary N) is 2. The van der Waals surface area contributed by atoms with E-state index in [-0.39, 0.29) is 11.8 Å². The van der Waals surface area contributed by atoms with Gasteiger partial charge in [0.1, 0.15) is 11.6 Å². The van der Waals surface area contributed by atoms with E-state index in [0.717, 1.165) is 11.4 Å². The maximum atomic E-state index is 10.9. The van der Waals surface area contributed by atoms with Crippen LogP contribution in [0.25, 0.3) is 0 Å². The number of carbonyl (C=O) groups excluding carboxylic acids is 1.